The normalized spacial score (nSPS) is 22.6. The summed E-state index contributed by atoms with van der Waals surface area (Å²) >= 11 is 0. The maximum atomic E-state index is 13.2. The topological polar surface area (TPSA) is 106 Å². The fourth-order valence-corrected chi connectivity index (χ4v) is 7.45. The average Bonchev–Trinajstić information content (AvgIpc) is 3.48. The summed E-state index contributed by atoms with van der Waals surface area (Å²) in [5.41, 5.74) is 5.60. The lowest BCUT2D eigenvalue weighted by atomic mass is 9.73. The molecular formula is C36H51N7O4. The Morgan fingerprint density at radius 1 is 1.11 bits per heavy atom. The van der Waals surface area contributed by atoms with Crippen molar-refractivity contribution in [3.63, 3.8) is 0 Å². The summed E-state index contributed by atoms with van der Waals surface area (Å²) in [6, 6.07) is 4.18. The van der Waals surface area contributed by atoms with Gasteiger partial charge in [0.1, 0.15) is 17.7 Å². The van der Waals surface area contributed by atoms with Crippen molar-refractivity contribution in [3.8, 4) is 0 Å². The molecule has 4 unspecified atom stereocenters. The molecule has 4 atom stereocenters. The van der Waals surface area contributed by atoms with Crippen molar-refractivity contribution in [1.82, 2.24) is 29.5 Å². The van der Waals surface area contributed by atoms with Crippen molar-refractivity contribution in [1.29, 1.82) is 0 Å². The fourth-order valence-electron chi connectivity index (χ4n) is 7.45. The summed E-state index contributed by atoms with van der Waals surface area (Å²) in [5, 5.41) is 6.05. The lowest BCUT2D eigenvalue weighted by Gasteiger charge is -2.39. The third-order valence-corrected chi connectivity index (χ3v) is 10.2. The number of nitrogens with zero attached hydrogens (tertiary/aromatic N) is 7. The SMILES string of the molecule is Cc1ccc2c(cnn2C2CCCCO2)c1C1Cc2ncnc(N3CCN(C(=O)CC(C)N(C)C(=O)OC(C)(C)C)CC3)c2CC1C. The van der Waals surface area contributed by atoms with Crippen LogP contribution in [0, 0.1) is 12.8 Å². The Kier molecular flexibility index (Phi) is 9.47. The lowest BCUT2D eigenvalue weighted by Crippen LogP contribution is -2.51. The van der Waals surface area contributed by atoms with Gasteiger partial charge in [-0.3, -0.25) is 4.79 Å². The highest BCUT2D eigenvalue weighted by Crippen LogP contribution is 2.43. The van der Waals surface area contributed by atoms with E-state index in [9.17, 15) is 9.59 Å². The van der Waals surface area contributed by atoms with Crippen molar-refractivity contribution in [2.45, 2.75) is 104 Å². The highest BCUT2D eigenvalue weighted by molar-refractivity contribution is 5.84. The Bertz CT molecular complexity index is 1600. The molecule has 6 rings (SSSR count). The van der Waals surface area contributed by atoms with Crippen LogP contribution in [-0.2, 0) is 27.1 Å². The minimum absolute atomic E-state index is 0.00865. The van der Waals surface area contributed by atoms with Gasteiger partial charge in [0.15, 0.2) is 6.23 Å². The molecule has 0 radical (unpaired) electrons. The molecule has 3 aliphatic rings. The van der Waals surface area contributed by atoms with E-state index >= 15 is 0 Å². The van der Waals surface area contributed by atoms with E-state index in [4.69, 9.17) is 24.5 Å². The number of amides is 2. The lowest BCUT2D eigenvalue weighted by molar-refractivity contribution is -0.132. The van der Waals surface area contributed by atoms with Crippen LogP contribution in [0.2, 0.25) is 0 Å². The maximum absolute atomic E-state index is 13.2. The second-order valence-electron chi connectivity index (χ2n) is 14.8. The Hall–Kier alpha value is -3.73. The number of anilines is 1. The number of ether oxygens (including phenoxy) is 2. The van der Waals surface area contributed by atoms with Gasteiger partial charge in [-0.1, -0.05) is 13.0 Å². The van der Waals surface area contributed by atoms with Crippen LogP contribution in [-0.4, -0.2) is 93.0 Å². The number of fused-ring (bicyclic) bond motifs is 2. The van der Waals surface area contributed by atoms with Crippen molar-refractivity contribution >= 4 is 28.7 Å². The van der Waals surface area contributed by atoms with Crippen LogP contribution < -0.4 is 4.90 Å². The molecule has 11 nitrogen and oxygen atoms in total. The van der Waals surface area contributed by atoms with E-state index in [-0.39, 0.29) is 24.6 Å². The first-order valence-corrected chi connectivity index (χ1v) is 17.3. The Labute approximate surface area is 278 Å². The molecule has 2 aromatic heterocycles. The summed E-state index contributed by atoms with van der Waals surface area (Å²) in [7, 11) is 1.69. The van der Waals surface area contributed by atoms with Crippen LogP contribution in [0.15, 0.2) is 24.7 Å². The zero-order valence-corrected chi connectivity index (χ0v) is 29.2. The van der Waals surface area contributed by atoms with Gasteiger partial charge in [0.25, 0.3) is 0 Å². The number of carbonyl (C=O) groups excluding carboxylic acids is 2. The molecule has 4 heterocycles. The van der Waals surface area contributed by atoms with Crippen LogP contribution in [0.4, 0.5) is 10.6 Å². The number of piperazine rings is 1. The minimum atomic E-state index is -0.578. The largest absolute Gasteiger partial charge is 0.444 e. The number of carbonyl (C=O) groups is 2. The third-order valence-electron chi connectivity index (χ3n) is 10.2. The number of aromatic nitrogens is 4. The molecule has 0 N–H and O–H groups in total. The molecule has 1 aromatic carbocycles. The first-order chi connectivity index (χ1) is 22.4. The van der Waals surface area contributed by atoms with Gasteiger partial charge in [-0.2, -0.15) is 5.10 Å². The van der Waals surface area contributed by atoms with Crippen LogP contribution in [0.25, 0.3) is 10.9 Å². The Morgan fingerprint density at radius 3 is 2.57 bits per heavy atom. The van der Waals surface area contributed by atoms with Gasteiger partial charge in [-0.25, -0.2) is 19.4 Å². The zero-order chi connectivity index (χ0) is 33.5. The van der Waals surface area contributed by atoms with Gasteiger partial charge < -0.3 is 24.2 Å². The van der Waals surface area contributed by atoms with Crippen LogP contribution in [0.3, 0.4) is 0 Å². The van der Waals surface area contributed by atoms with Gasteiger partial charge in [0.2, 0.25) is 5.91 Å². The number of hydrogen-bond donors (Lipinski definition) is 0. The van der Waals surface area contributed by atoms with E-state index in [0.29, 0.717) is 38.0 Å². The quantitative estimate of drug-likeness (QED) is 0.339. The van der Waals surface area contributed by atoms with Crippen LogP contribution in [0.1, 0.15) is 94.8 Å². The van der Waals surface area contributed by atoms with Crippen molar-refractivity contribution < 1.29 is 19.1 Å². The standard InChI is InChI=1S/C36H51N7O4/c1-23-11-12-30-28(21-39-43(30)32-10-8-9-17-46-32)33(23)26-20-29-27(18-24(26)2)34(38-22-37-29)42-15-13-41(14-16-42)31(44)19-25(3)40(7)35(45)47-36(4,5)6/h11-12,21-22,24-26,32H,8-10,13-20H2,1-7H3. The maximum Gasteiger partial charge on any atom is 0.410 e. The third kappa shape index (κ3) is 6.96. The molecule has 0 saturated carbocycles. The summed E-state index contributed by atoms with van der Waals surface area (Å²) in [6.45, 7) is 15.4. The molecule has 47 heavy (non-hydrogen) atoms. The monoisotopic (exact) mass is 645 g/mol. The van der Waals surface area contributed by atoms with E-state index in [0.717, 1.165) is 49.3 Å². The first kappa shape index (κ1) is 33.2. The second kappa shape index (κ2) is 13.4. The number of hydrogen-bond acceptors (Lipinski definition) is 8. The molecule has 11 heteroatoms. The predicted octanol–water partition coefficient (Wildman–Crippen LogP) is 5.65. The second-order valence-corrected chi connectivity index (χ2v) is 14.8. The zero-order valence-electron chi connectivity index (χ0n) is 29.2. The first-order valence-electron chi connectivity index (χ1n) is 17.3. The molecular weight excluding hydrogens is 594 g/mol. The van der Waals surface area contributed by atoms with Gasteiger partial charge >= 0.3 is 6.09 Å². The van der Waals surface area contributed by atoms with Gasteiger partial charge in [0.05, 0.1) is 11.7 Å². The Balaban J connectivity index is 1.13. The summed E-state index contributed by atoms with van der Waals surface area (Å²) in [5.74, 6) is 1.78. The molecule has 2 aliphatic heterocycles. The summed E-state index contributed by atoms with van der Waals surface area (Å²) in [4.78, 5) is 41.0. The molecule has 0 bridgehead atoms. The molecule has 254 valence electrons. The Morgan fingerprint density at radius 2 is 1.87 bits per heavy atom. The van der Waals surface area contributed by atoms with E-state index in [2.05, 4.69) is 35.6 Å². The summed E-state index contributed by atoms with van der Waals surface area (Å²) in [6.07, 6.45) is 8.65. The summed E-state index contributed by atoms with van der Waals surface area (Å²) < 4.78 is 13.7. The fraction of sp³-hybridized carbons (Fsp3) is 0.639. The van der Waals surface area contributed by atoms with E-state index in [1.54, 1.807) is 13.4 Å². The molecule has 1 aliphatic carbocycles. The van der Waals surface area contributed by atoms with Crippen LogP contribution in [0.5, 0.6) is 0 Å². The number of aryl methyl sites for hydroxylation is 1. The van der Waals surface area contributed by atoms with E-state index in [1.165, 1.54) is 33.4 Å². The number of benzene rings is 1. The molecule has 2 fully saturated rings. The number of rotatable bonds is 6. The smallest absolute Gasteiger partial charge is 0.410 e. The highest BCUT2D eigenvalue weighted by atomic mass is 16.6. The van der Waals surface area contributed by atoms with Crippen LogP contribution >= 0.6 is 0 Å². The predicted molar refractivity (Wildman–Crippen MR) is 182 cm³/mol. The molecule has 2 amide bonds. The average molecular weight is 646 g/mol. The van der Waals surface area contributed by atoms with Gasteiger partial charge in [-0.15, -0.1) is 0 Å². The van der Waals surface area contributed by atoms with Gasteiger partial charge in [-0.05, 0) is 95.8 Å². The van der Waals surface area contributed by atoms with E-state index < -0.39 is 11.7 Å². The van der Waals surface area contributed by atoms with Crippen molar-refractivity contribution in [3.05, 3.63) is 47.0 Å². The van der Waals surface area contributed by atoms with Crippen molar-refractivity contribution in [2.75, 3.05) is 44.7 Å². The minimum Gasteiger partial charge on any atom is -0.444 e. The van der Waals surface area contributed by atoms with E-state index in [1.807, 2.05) is 38.8 Å². The molecule has 3 aromatic rings. The highest BCUT2D eigenvalue weighted by Gasteiger charge is 2.35. The molecule has 2 saturated heterocycles. The van der Waals surface area contributed by atoms with Crippen molar-refractivity contribution in [2.24, 2.45) is 5.92 Å². The van der Waals surface area contributed by atoms with Gasteiger partial charge in [0, 0.05) is 68.9 Å². The molecule has 0 spiro atoms.